The molecule has 0 saturated heterocycles. The van der Waals surface area contributed by atoms with E-state index >= 15 is 0 Å². The van der Waals surface area contributed by atoms with Crippen molar-refractivity contribution in [2.24, 2.45) is 0 Å². The van der Waals surface area contributed by atoms with Crippen LogP contribution >= 0.6 is 0 Å². The van der Waals surface area contributed by atoms with Crippen molar-refractivity contribution in [1.29, 1.82) is 0 Å². The summed E-state index contributed by atoms with van der Waals surface area (Å²) in [5.74, 6) is -0.257. The zero-order valence-corrected chi connectivity index (χ0v) is 11.6. The second-order valence-corrected chi connectivity index (χ2v) is 4.68. The number of hydrogen-bond donors (Lipinski definition) is 1. The van der Waals surface area contributed by atoms with Gasteiger partial charge in [0, 0.05) is 12.6 Å². The molecule has 1 N–H and O–H groups in total. The van der Waals surface area contributed by atoms with Gasteiger partial charge in [0.15, 0.2) is 0 Å². The molecule has 0 aromatic rings. The molecule has 1 amide bonds. The van der Waals surface area contributed by atoms with Crippen molar-refractivity contribution in [3.63, 3.8) is 0 Å². The third-order valence-electron chi connectivity index (χ3n) is 3.06. The van der Waals surface area contributed by atoms with E-state index in [4.69, 9.17) is 4.74 Å². The number of amides is 1. The van der Waals surface area contributed by atoms with E-state index in [1.807, 2.05) is 18.7 Å². The Morgan fingerprint density at radius 3 is 2.56 bits per heavy atom. The molecule has 1 rings (SSSR count). The third-order valence-corrected chi connectivity index (χ3v) is 3.06. The molecule has 1 aliphatic rings. The van der Waals surface area contributed by atoms with E-state index < -0.39 is 0 Å². The summed E-state index contributed by atoms with van der Waals surface area (Å²) in [4.78, 5) is 25.4. The Hall–Kier alpha value is -1.10. The Morgan fingerprint density at radius 1 is 1.39 bits per heavy atom. The molecule has 18 heavy (non-hydrogen) atoms. The number of hydrogen-bond acceptors (Lipinski definition) is 4. The zero-order chi connectivity index (χ0) is 13.5. The van der Waals surface area contributed by atoms with Crippen LogP contribution in [0.15, 0.2) is 0 Å². The van der Waals surface area contributed by atoms with Gasteiger partial charge in [-0.1, -0.05) is 6.92 Å². The Bertz CT molecular complexity index is 290. The molecule has 0 radical (unpaired) electrons. The van der Waals surface area contributed by atoms with Gasteiger partial charge in [-0.3, -0.25) is 14.5 Å². The van der Waals surface area contributed by atoms with E-state index in [1.54, 1.807) is 6.92 Å². The van der Waals surface area contributed by atoms with E-state index in [1.165, 1.54) is 0 Å². The number of nitrogens with zero attached hydrogens (tertiary/aromatic N) is 1. The molecule has 1 fully saturated rings. The average Bonchev–Trinajstić information content (AvgIpc) is 3.16. The van der Waals surface area contributed by atoms with Crippen LogP contribution in [0.4, 0.5) is 0 Å². The maximum absolute atomic E-state index is 11.9. The standard InChI is InChI=1S/C13H24N2O3/c1-4-8-14-13(17)10(3)15(11-6-7-11)9-12(16)18-5-2/h10-11H,4-9H2,1-3H3,(H,14,17). The van der Waals surface area contributed by atoms with Crippen molar-refractivity contribution in [3.05, 3.63) is 0 Å². The molecule has 104 valence electrons. The Kier molecular flexibility index (Phi) is 6.12. The predicted octanol–water partition coefficient (Wildman–Crippen LogP) is 0.929. The summed E-state index contributed by atoms with van der Waals surface area (Å²) in [5, 5.41) is 2.87. The summed E-state index contributed by atoms with van der Waals surface area (Å²) in [5.41, 5.74) is 0. The SMILES string of the molecule is CCCNC(=O)C(C)N(CC(=O)OCC)C1CC1. The van der Waals surface area contributed by atoms with E-state index in [2.05, 4.69) is 5.32 Å². The van der Waals surface area contributed by atoms with E-state index in [0.717, 1.165) is 19.3 Å². The Morgan fingerprint density at radius 2 is 2.06 bits per heavy atom. The van der Waals surface area contributed by atoms with E-state index in [-0.39, 0.29) is 24.5 Å². The molecular formula is C13H24N2O3. The highest BCUT2D eigenvalue weighted by Gasteiger charge is 2.36. The van der Waals surface area contributed by atoms with Crippen LogP contribution < -0.4 is 5.32 Å². The Balaban J connectivity index is 2.49. The molecule has 0 heterocycles. The normalized spacial score (nSPS) is 16.4. The number of carbonyl (C=O) groups is 2. The van der Waals surface area contributed by atoms with Gasteiger partial charge >= 0.3 is 5.97 Å². The number of esters is 1. The minimum absolute atomic E-state index is 0.00644. The highest BCUT2D eigenvalue weighted by Crippen LogP contribution is 2.28. The van der Waals surface area contributed by atoms with Crippen molar-refractivity contribution >= 4 is 11.9 Å². The van der Waals surface area contributed by atoms with Gasteiger partial charge in [0.2, 0.25) is 5.91 Å². The van der Waals surface area contributed by atoms with Crippen molar-refractivity contribution in [3.8, 4) is 0 Å². The lowest BCUT2D eigenvalue weighted by atomic mass is 10.2. The minimum Gasteiger partial charge on any atom is -0.465 e. The molecule has 1 atom stereocenters. The molecule has 5 nitrogen and oxygen atoms in total. The summed E-state index contributed by atoms with van der Waals surface area (Å²) in [6.45, 7) is 6.93. The van der Waals surface area contributed by atoms with Crippen LogP contribution in [0.3, 0.4) is 0 Å². The van der Waals surface area contributed by atoms with E-state index in [9.17, 15) is 9.59 Å². The fourth-order valence-electron chi connectivity index (χ4n) is 1.89. The predicted molar refractivity (Wildman–Crippen MR) is 69.1 cm³/mol. The van der Waals surface area contributed by atoms with Crippen LogP contribution in [0.1, 0.15) is 40.0 Å². The topological polar surface area (TPSA) is 58.6 Å². The van der Waals surface area contributed by atoms with Crippen LogP contribution in [-0.2, 0) is 14.3 Å². The van der Waals surface area contributed by atoms with Gasteiger partial charge in [-0.15, -0.1) is 0 Å². The summed E-state index contributed by atoms with van der Waals surface area (Å²) in [6.07, 6.45) is 3.04. The first-order valence-electron chi connectivity index (χ1n) is 6.79. The van der Waals surface area contributed by atoms with Crippen molar-refractivity contribution in [2.45, 2.75) is 52.1 Å². The first kappa shape index (κ1) is 15.0. The smallest absolute Gasteiger partial charge is 0.320 e. The largest absolute Gasteiger partial charge is 0.465 e. The molecule has 0 aromatic carbocycles. The lowest BCUT2D eigenvalue weighted by molar-refractivity contribution is -0.145. The second-order valence-electron chi connectivity index (χ2n) is 4.68. The van der Waals surface area contributed by atoms with Crippen LogP contribution in [-0.4, -0.2) is 48.6 Å². The van der Waals surface area contributed by atoms with Gasteiger partial charge in [0.05, 0.1) is 19.2 Å². The number of carbonyl (C=O) groups excluding carboxylic acids is 2. The molecular weight excluding hydrogens is 232 g/mol. The number of ether oxygens (including phenoxy) is 1. The quantitative estimate of drug-likeness (QED) is 0.656. The molecule has 0 bridgehead atoms. The van der Waals surface area contributed by atoms with Crippen LogP contribution in [0, 0.1) is 0 Å². The molecule has 0 aromatic heterocycles. The van der Waals surface area contributed by atoms with Gasteiger partial charge in [-0.25, -0.2) is 0 Å². The zero-order valence-electron chi connectivity index (χ0n) is 11.6. The first-order valence-corrected chi connectivity index (χ1v) is 6.79. The van der Waals surface area contributed by atoms with Crippen molar-refractivity contribution in [1.82, 2.24) is 10.2 Å². The summed E-state index contributed by atoms with van der Waals surface area (Å²) >= 11 is 0. The first-order chi connectivity index (χ1) is 8.60. The van der Waals surface area contributed by atoms with E-state index in [0.29, 0.717) is 19.2 Å². The summed E-state index contributed by atoms with van der Waals surface area (Å²) < 4.78 is 4.95. The van der Waals surface area contributed by atoms with Crippen LogP contribution in [0.2, 0.25) is 0 Å². The molecule has 0 aliphatic heterocycles. The van der Waals surface area contributed by atoms with Gasteiger partial charge in [0.25, 0.3) is 0 Å². The molecule has 1 unspecified atom stereocenters. The van der Waals surface area contributed by atoms with Gasteiger partial charge in [-0.2, -0.15) is 0 Å². The van der Waals surface area contributed by atoms with Crippen LogP contribution in [0.5, 0.6) is 0 Å². The van der Waals surface area contributed by atoms with Crippen molar-refractivity contribution in [2.75, 3.05) is 19.7 Å². The van der Waals surface area contributed by atoms with Gasteiger partial charge in [-0.05, 0) is 33.1 Å². The fourth-order valence-corrected chi connectivity index (χ4v) is 1.89. The molecule has 5 heteroatoms. The molecule has 1 saturated carbocycles. The lowest BCUT2D eigenvalue weighted by Gasteiger charge is -2.27. The molecule has 0 spiro atoms. The Labute approximate surface area is 109 Å². The highest BCUT2D eigenvalue weighted by molar-refractivity contribution is 5.82. The monoisotopic (exact) mass is 256 g/mol. The highest BCUT2D eigenvalue weighted by atomic mass is 16.5. The number of nitrogens with one attached hydrogen (secondary N) is 1. The van der Waals surface area contributed by atoms with Gasteiger partial charge in [0.1, 0.15) is 0 Å². The second kappa shape index (κ2) is 7.36. The van der Waals surface area contributed by atoms with Gasteiger partial charge < -0.3 is 10.1 Å². The maximum atomic E-state index is 11.9. The average molecular weight is 256 g/mol. The number of rotatable bonds is 8. The molecule has 1 aliphatic carbocycles. The van der Waals surface area contributed by atoms with Crippen molar-refractivity contribution < 1.29 is 14.3 Å². The van der Waals surface area contributed by atoms with Crippen LogP contribution in [0.25, 0.3) is 0 Å². The minimum atomic E-state index is -0.270. The lowest BCUT2D eigenvalue weighted by Crippen LogP contribution is -2.48. The fraction of sp³-hybridized carbons (Fsp3) is 0.846. The maximum Gasteiger partial charge on any atom is 0.320 e. The third kappa shape index (κ3) is 4.64. The summed E-state index contributed by atoms with van der Waals surface area (Å²) in [6, 6.07) is 0.0882. The summed E-state index contributed by atoms with van der Waals surface area (Å²) in [7, 11) is 0.